The molecule has 0 aliphatic rings. The number of hydrogen-bond donors (Lipinski definition) is 2. The van der Waals surface area contributed by atoms with E-state index in [1.54, 1.807) is 11.3 Å². The molecule has 27 heavy (non-hydrogen) atoms. The van der Waals surface area contributed by atoms with Crippen molar-refractivity contribution in [3.8, 4) is 10.6 Å². The summed E-state index contributed by atoms with van der Waals surface area (Å²) in [6.07, 6.45) is 0. The highest BCUT2D eigenvalue weighted by Gasteiger charge is 2.07. The van der Waals surface area contributed by atoms with E-state index in [0.29, 0.717) is 11.7 Å². The Morgan fingerprint density at radius 1 is 1.00 bits per heavy atom. The number of thiazole rings is 1. The molecular formula is C22H19N3S2. The van der Waals surface area contributed by atoms with Gasteiger partial charge in [-0.05, 0) is 66.7 Å². The molecule has 0 aliphatic heterocycles. The zero-order valence-corrected chi connectivity index (χ0v) is 16.5. The van der Waals surface area contributed by atoms with Crippen LogP contribution in [-0.4, -0.2) is 10.1 Å². The van der Waals surface area contributed by atoms with Crippen LogP contribution in [0.25, 0.3) is 20.8 Å². The minimum Gasteiger partial charge on any atom is -0.358 e. The second-order valence-corrected chi connectivity index (χ2v) is 7.80. The van der Waals surface area contributed by atoms with Gasteiger partial charge in [-0.2, -0.15) is 0 Å². The normalized spacial score (nSPS) is 10.7. The Morgan fingerprint density at radius 2 is 1.78 bits per heavy atom. The van der Waals surface area contributed by atoms with E-state index in [1.807, 2.05) is 30.3 Å². The van der Waals surface area contributed by atoms with Crippen LogP contribution >= 0.6 is 23.6 Å². The summed E-state index contributed by atoms with van der Waals surface area (Å²) in [5.74, 6) is 0. The Morgan fingerprint density at radius 3 is 2.56 bits per heavy atom. The summed E-state index contributed by atoms with van der Waals surface area (Å²) in [5.41, 5.74) is 5.58. The average Bonchev–Trinajstić information content (AvgIpc) is 3.11. The van der Waals surface area contributed by atoms with Crippen LogP contribution in [0.4, 0.5) is 5.69 Å². The van der Waals surface area contributed by atoms with Gasteiger partial charge in [-0.1, -0.05) is 36.4 Å². The lowest BCUT2D eigenvalue weighted by Gasteiger charge is -2.11. The first kappa shape index (κ1) is 17.6. The van der Waals surface area contributed by atoms with Gasteiger partial charge in [0.15, 0.2) is 5.11 Å². The molecule has 1 aromatic heterocycles. The fraction of sp³-hybridized carbons (Fsp3) is 0.0909. The van der Waals surface area contributed by atoms with E-state index < -0.39 is 0 Å². The SMILES string of the molecule is Cc1ccc2nc(-c3ccc(NC(=S)NCc4ccccc4)cc3)sc2c1. The molecule has 3 aromatic carbocycles. The van der Waals surface area contributed by atoms with Gasteiger partial charge in [0, 0.05) is 17.8 Å². The van der Waals surface area contributed by atoms with Crippen LogP contribution in [0.15, 0.2) is 72.8 Å². The Hall–Kier alpha value is -2.76. The smallest absolute Gasteiger partial charge is 0.171 e. The third-order valence-electron chi connectivity index (χ3n) is 4.23. The highest BCUT2D eigenvalue weighted by molar-refractivity contribution is 7.80. The Kier molecular flexibility index (Phi) is 5.14. The zero-order chi connectivity index (χ0) is 18.6. The molecule has 2 N–H and O–H groups in total. The molecule has 3 nitrogen and oxygen atoms in total. The van der Waals surface area contributed by atoms with Gasteiger partial charge in [-0.25, -0.2) is 4.98 Å². The Labute approximate surface area is 168 Å². The fourth-order valence-corrected chi connectivity index (χ4v) is 4.06. The highest BCUT2D eigenvalue weighted by atomic mass is 32.1. The quantitative estimate of drug-likeness (QED) is 0.435. The first-order chi connectivity index (χ1) is 13.2. The van der Waals surface area contributed by atoms with Gasteiger partial charge in [0.05, 0.1) is 10.2 Å². The van der Waals surface area contributed by atoms with E-state index in [1.165, 1.54) is 15.8 Å². The van der Waals surface area contributed by atoms with Crippen LogP contribution in [0, 0.1) is 6.92 Å². The van der Waals surface area contributed by atoms with Crippen molar-refractivity contribution >= 4 is 44.6 Å². The molecule has 134 valence electrons. The lowest BCUT2D eigenvalue weighted by atomic mass is 10.2. The van der Waals surface area contributed by atoms with Crippen molar-refractivity contribution in [2.24, 2.45) is 0 Å². The van der Waals surface area contributed by atoms with Crippen molar-refractivity contribution in [2.45, 2.75) is 13.5 Å². The van der Waals surface area contributed by atoms with Crippen molar-refractivity contribution in [1.29, 1.82) is 0 Å². The summed E-state index contributed by atoms with van der Waals surface area (Å²) in [4.78, 5) is 4.74. The molecule has 0 aliphatic carbocycles. The van der Waals surface area contributed by atoms with E-state index in [4.69, 9.17) is 17.2 Å². The number of nitrogens with zero attached hydrogens (tertiary/aromatic N) is 1. The maximum atomic E-state index is 5.38. The van der Waals surface area contributed by atoms with E-state index in [9.17, 15) is 0 Å². The van der Waals surface area contributed by atoms with Crippen LogP contribution in [0.5, 0.6) is 0 Å². The highest BCUT2D eigenvalue weighted by Crippen LogP contribution is 2.31. The molecule has 5 heteroatoms. The summed E-state index contributed by atoms with van der Waals surface area (Å²) in [5, 5.41) is 8.10. The number of aryl methyl sites for hydroxylation is 1. The molecule has 1 heterocycles. The molecule has 0 fully saturated rings. The van der Waals surface area contributed by atoms with Crippen LogP contribution in [-0.2, 0) is 6.54 Å². The minimum atomic E-state index is 0.613. The Balaban J connectivity index is 1.41. The van der Waals surface area contributed by atoms with Crippen molar-refractivity contribution in [3.05, 3.63) is 83.9 Å². The predicted molar refractivity (Wildman–Crippen MR) is 119 cm³/mol. The minimum absolute atomic E-state index is 0.613. The predicted octanol–water partition coefficient (Wildman–Crippen LogP) is 5.76. The van der Waals surface area contributed by atoms with Crippen LogP contribution in [0.2, 0.25) is 0 Å². The van der Waals surface area contributed by atoms with E-state index in [0.717, 1.165) is 21.8 Å². The molecule has 0 amide bonds. The fourth-order valence-electron chi connectivity index (χ4n) is 2.80. The Bertz CT molecular complexity index is 1070. The number of hydrogen-bond acceptors (Lipinski definition) is 3. The molecule has 0 atom stereocenters. The first-order valence-corrected chi connectivity index (χ1v) is 9.96. The largest absolute Gasteiger partial charge is 0.358 e. The summed E-state index contributed by atoms with van der Waals surface area (Å²) in [6, 6.07) is 24.8. The lowest BCUT2D eigenvalue weighted by Crippen LogP contribution is -2.27. The van der Waals surface area contributed by atoms with Crippen molar-refractivity contribution in [2.75, 3.05) is 5.32 Å². The number of rotatable bonds is 4. The van der Waals surface area contributed by atoms with Gasteiger partial charge in [-0.15, -0.1) is 11.3 Å². The monoisotopic (exact) mass is 389 g/mol. The van der Waals surface area contributed by atoms with Crippen molar-refractivity contribution in [1.82, 2.24) is 10.3 Å². The second kappa shape index (κ2) is 7.86. The number of benzene rings is 3. The van der Waals surface area contributed by atoms with E-state index in [-0.39, 0.29) is 0 Å². The van der Waals surface area contributed by atoms with Crippen molar-refractivity contribution in [3.63, 3.8) is 0 Å². The molecule has 0 radical (unpaired) electrons. The maximum absolute atomic E-state index is 5.38. The zero-order valence-electron chi connectivity index (χ0n) is 14.9. The second-order valence-electron chi connectivity index (χ2n) is 6.36. The molecule has 0 unspecified atom stereocenters. The molecule has 4 aromatic rings. The van der Waals surface area contributed by atoms with Crippen molar-refractivity contribution < 1.29 is 0 Å². The first-order valence-electron chi connectivity index (χ1n) is 8.74. The number of thiocarbonyl (C=S) groups is 1. The number of aromatic nitrogens is 1. The number of fused-ring (bicyclic) bond motifs is 1. The van der Waals surface area contributed by atoms with Crippen LogP contribution < -0.4 is 10.6 Å². The molecule has 0 bridgehead atoms. The number of anilines is 1. The molecule has 0 spiro atoms. The average molecular weight is 390 g/mol. The van der Waals surface area contributed by atoms with Gasteiger partial charge in [0.25, 0.3) is 0 Å². The standard InChI is InChI=1S/C22H19N3S2/c1-15-7-12-19-20(13-15)27-21(25-19)17-8-10-18(11-9-17)24-22(26)23-14-16-5-3-2-4-6-16/h2-13H,14H2,1H3,(H2,23,24,26). The van der Waals surface area contributed by atoms with E-state index in [2.05, 4.69) is 60.0 Å². The van der Waals surface area contributed by atoms with Crippen LogP contribution in [0.3, 0.4) is 0 Å². The molecule has 0 saturated heterocycles. The van der Waals surface area contributed by atoms with Gasteiger partial charge in [0.1, 0.15) is 5.01 Å². The van der Waals surface area contributed by atoms with Gasteiger partial charge in [0.2, 0.25) is 0 Å². The third kappa shape index (κ3) is 4.32. The molecule has 0 saturated carbocycles. The van der Waals surface area contributed by atoms with Gasteiger partial charge < -0.3 is 10.6 Å². The van der Waals surface area contributed by atoms with E-state index >= 15 is 0 Å². The summed E-state index contributed by atoms with van der Waals surface area (Å²) < 4.78 is 1.22. The maximum Gasteiger partial charge on any atom is 0.171 e. The molecular weight excluding hydrogens is 370 g/mol. The third-order valence-corrected chi connectivity index (χ3v) is 5.54. The molecule has 4 rings (SSSR count). The number of nitrogens with one attached hydrogen (secondary N) is 2. The lowest BCUT2D eigenvalue weighted by molar-refractivity contribution is 0.926. The van der Waals surface area contributed by atoms with Gasteiger partial charge in [-0.3, -0.25) is 0 Å². The topological polar surface area (TPSA) is 37.0 Å². The summed E-state index contributed by atoms with van der Waals surface area (Å²) in [6.45, 7) is 2.81. The summed E-state index contributed by atoms with van der Waals surface area (Å²) >= 11 is 7.11. The summed E-state index contributed by atoms with van der Waals surface area (Å²) in [7, 11) is 0. The van der Waals surface area contributed by atoms with Gasteiger partial charge >= 0.3 is 0 Å². The van der Waals surface area contributed by atoms with Crippen LogP contribution in [0.1, 0.15) is 11.1 Å².